The fourth-order valence-corrected chi connectivity index (χ4v) is 2.40. The van der Waals surface area contributed by atoms with E-state index in [1.165, 1.54) is 0 Å². The highest BCUT2D eigenvalue weighted by Gasteiger charge is 2.11. The molecule has 0 saturated heterocycles. The molecule has 2 aromatic carbocycles. The monoisotopic (exact) mass is 324 g/mol. The molecule has 3 rings (SSSR count). The van der Waals surface area contributed by atoms with Crippen molar-refractivity contribution in [1.82, 2.24) is 10.3 Å². The van der Waals surface area contributed by atoms with E-state index in [9.17, 15) is 13.6 Å². The smallest absolute Gasteiger partial charge is 0.251 e. The number of halogens is 2. The summed E-state index contributed by atoms with van der Waals surface area (Å²) in [5.74, 6) is -2.12. The second-order valence-electron chi connectivity index (χ2n) is 5.22. The van der Waals surface area contributed by atoms with Crippen LogP contribution in [0.25, 0.3) is 11.3 Å². The van der Waals surface area contributed by atoms with Gasteiger partial charge < -0.3 is 5.32 Å². The average molecular weight is 324 g/mol. The summed E-state index contributed by atoms with van der Waals surface area (Å²) in [5, 5.41) is 2.67. The van der Waals surface area contributed by atoms with Gasteiger partial charge in [-0.2, -0.15) is 0 Å². The molecule has 0 fully saturated rings. The first-order chi connectivity index (χ1) is 11.6. The molecule has 120 valence electrons. The van der Waals surface area contributed by atoms with Crippen molar-refractivity contribution in [3.8, 4) is 11.3 Å². The minimum atomic E-state index is -0.786. The molecule has 1 aromatic heterocycles. The standard InChI is InChI=1S/C19H14F2N2O/c20-16-9-15(10-17(21)11-16)19(24)23-12-14-7-4-8-22-18(14)13-5-2-1-3-6-13/h1-11H,12H2,(H,23,24). The largest absolute Gasteiger partial charge is 0.348 e. The van der Waals surface area contributed by atoms with E-state index >= 15 is 0 Å². The van der Waals surface area contributed by atoms with Crippen LogP contribution < -0.4 is 5.32 Å². The van der Waals surface area contributed by atoms with Gasteiger partial charge in [0.15, 0.2) is 0 Å². The molecule has 0 aliphatic carbocycles. The summed E-state index contributed by atoms with van der Waals surface area (Å²) < 4.78 is 26.4. The molecular weight excluding hydrogens is 310 g/mol. The van der Waals surface area contributed by atoms with Gasteiger partial charge in [0.1, 0.15) is 11.6 Å². The lowest BCUT2D eigenvalue weighted by Gasteiger charge is -2.10. The fraction of sp³-hybridized carbons (Fsp3) is 0.0526. The summed E-state index contributed by atoms with van der Waals surface area (Å²) in [6.45, 7) is 0.203. The minimum absolute atomic E-state index is 0.0577. The van der Waals surface area contributed by atoms with Gasteiger partial charge in [-0.1, -0.05) is 36.4 Å². The molecule has 0 radical (unpaired) electrons. The molecule has 0 unspecified atom stereocenters. The number of carbonyl (C=O) groups is 1. The Hall–Kier alpha value is -3.08. The Kier molecular flexibility index (Phi) is 4.61. The lowest BCUT2D eigenvalue weighted by atomic mass is 10.1. The van der Waals surface area contributed by atoms with Gasteiger partial charge in [0.25, 0.3) is 5.91 Å². The van der Waals surface area contributed by atoms with Crippen LogP contribution in [0.15, 0.2) is 66.9 Å². The number of nitrogens with one attached hydrogen (secondary N) is 1. The van der Waals surface area contributed by atoms with Gasteiger partial charge in [-0.25, -0.2) is 8.78 Å². The van der Waals surface area contributed by atoms with E-state index in [-0.39, 0.29) is 12.1 Å². The van der Waals surface area contributed by atoms with Crippen LogP contribution in [-0.4, -0.2) is 10.9 Å². The Bertz CT molecular complexity index is 846. The highest BCUT2D eigenvalue weighted by Crippen LogP contribution is 2.20. The van der Waals surface area contributed by atoms with Gasteiger partial charge in [-0.3, -0.25) is 9.78 Å². The van der Waals surface area contributed by atoms with Gasteiger partial charge >= 0.3 is 0 Å². The first-order valence-electron chi connectivity index (χ1n) is 7.37. The molecule has 0 saturated carbocycles. The normalized spacial score (nSPS) is 10.4. The summed E-state index contributed by atoms with van der Waals surface area (Å²) >= 11 is 0. The number of rotatable bonds is 4. The minimum Gasteiger partial charge on any atom is -0.348 e. The van der Waals surface area contributed by atoms with Crippen molar-refractivity contribution in [2.24, 2.45) is 0 Å². The summed E-state index contributed by atoms with van der Waals surface area (Å²) in [6.07, 6.45) is 1.68. The quantitative estimate of drug-likeness (QED) is 0.789. The molecule has 0 aliphatic rings. The third-order valence-electron chi connectivity index (χ3n) is 3.50. The fourth-order valence-electron chi connectivity index (χ4n) is 2.40. The maximum Gasteiger partial charge on any atom is 0.251 e. The van der Waals surface area contributed by atoms with Gasteiger partial charge in [0, 0.05) is 29.9 Å². The van der Waals surface area contributed by atoms with E-state index in [2.05, 4.69) is 10.3 Å². The van der Waals surface area contributed by atoms with Crippen molar-refractivity contribution in [1.29, 1.82) is 0 Å². The molecule has 1 heterocycles. The highest BCUT2D eigenvalue weighted by atomic mass is 19.1. The lowest BCUT2D eigenvalue weighted by molar-refractivity contribution is 0.0950. The van der Waals surface area contributed by atoms with Crippen LogP contribution in [0, 0.1) is 11.6 Å². The Balaban J connectivity index is 1.79. The van der Waals surface area contributed by atoms with Crippen molar-refractivity contribution < 1.29 is 13.6 Å². The van der Waals surface area contributed by atoms with Crippen LogP contribution in [0.2, 0.25) is 0 Å². The third-order valence-corrected chi connectivity index (χ3v) is 3.50. The molecule has 5 heteroatoms. The molecule has 3 nitrogen and oxygen atoms in total. The Morgan fingerprint density at radius 3 is 2.38 bits per heavy atom. The summed E-state index contributed by atoms with van der Waals surface area (Å²) in [5.41, 5.74) is 2.44. The SMILES string of the molecule is O=C(NCc1cccnc1-c1ccccc1)c1cc(F)cc(F)c1. The van der Waals surface area contributed by atoms with Crippen LogP contribution in [0.4, 0.5) is 8.78 Å². The topological polar surface area (TPSA) is 42.0 Å². The summed E-state index contributed by atoms with van der Waals surface area (Å²) in [7, 11) is 0. The number of amides is 1. The third kappa shape index (κ3) is 3.63. The first kappa shape index (κ1) is 15.8. The van der Waals surface area contributed by atoms with Crippen molar-refractivity contribution in [3.05, 3.63) is 89.6 Å². The number of hydrogen-bond acceptors (Lipinski definition) is 2. The van der Waals surface area contributed by atoms with Crippen LogP contribution in [0.1, 0.15) is 15.9 Å². The van der Waals surface area contributed by atoms with E-state index in [1.807, 2.05) is 36.4 Å². The predicted octanol–water partition coefficient (Wildman–Crippen LogP) is 3.96. The van der Waals surface area contributed by atoms with E-state index in [1.54, 1.807) is 12.3 Å². The van der Waals surface area contributed by atoms with Crippen molar-refractivity contribution in [2.45, 2.75) is 6.54 Å². The van der Waals surface area contributed by atoms with Crippen LogP contribution in [0.5, 0.6) is 0 Å². The Morgan fingerprint density at radius 2 is 1.67 bits per heavy atom. The molecule has 3 aromatic rings. The number of nitrogens with zero attached hydrogens (tertiary/aromatic N) is 1. The zero-order valence-corrected chi connectivity index (χ0v) is 12.7. The van der Waals surface area contributed by atoms with Gasteiger partial charge in [0.05, 0.1) is 5.69 Å². The molecule has 1 amide bonds. The molecule has 1 N–H and O–H groups in total. The molecule has 0 aliphatic heterocycles. The molecule has 0 bridgehead atoms. The molecular formula is C19H14F2N2O. The molecule has 0 atom stereocenters. The van der Waals surface area contributed by atoms with Crippen LogP contribution in [-0.2, 0) is 6.54 Å². The zero-order chi connectivity index (χ0) is 16.9. The average Bonchev–Trinajstić information content (AvgIpc) is 2.60. The zero-order valence-electron chi connectivity index (χ0n) is 12.7. The van der Waals surface area contributed by atoms with Crippen molar-refractivity contribution in [3.63, 3.8) is 0 Å². The number of carbonyl (C=O) groups excluding carboxylic acids is 1. The predicted molar refractivity (Wildman–Crippen MR) is 87.2 cm³/mol. The molecule has 24 heavy (non-hydrogen) atoms. The van der Waals surface area contributed by atoms with E-state index in [0.717, 1.165) is 35.0 Å². The second kappa shape index (κ2) is 7.00. The lowest BCUT2D eigenvalue weighted by Crippen LogP contribution is -2.23. The van der Waals surface area contributed by atoms with Gasteiger partial charge in [0.2, 0.25) is 0 Å². The number of benzene rings is 2. The first-order valence-corrected chi connectivity index (χ1v) is 7.37. The van der Waals surface area contributed by atoms with Crippen LogP contribution in [0.3, 0.4) is 0 Å². The second-order valence-corrected chi connectivity index (χ2v) is 5.22. The maximum atomic E-state index is 13.2. The summed E-state index contributed by atoms with van der Waals surface area (Å²) in [6, 6.07) is 15.9. The number of aromatic nitrogens is 1. The van der Waals surface area contributed by atoms with Crippen molar-refractivity contribution in [2.75, 3.05) is 0 Å². The number of pyridine rings is 1. The molecule has 0 spiro atoms. The van der Waals surface area contributed by atoms with E-state index in [0.29, 0.717) is 0 Å². The Morgan fingerprint density at radius 1 is 0.958 bits per heavy atom. The Labute approximate surface area is 138 Å². The van der Waals surface area contributed by atoms with E-state index in [4.69, 9.17) is 0 Å². The van der Waals surface area contributed by atoms with E-state index < -0.39 is 17.5 Å². The number of hydrogen-bond donors (Lipinski definition) is 1. The summed E-state index contributed by atoms with van der Waals surface area (Å²) in [4.78, 5) is 16.5. The van der Waals surface area contributed by atoms with Gasteiger partial charge in [-0.05, 0) is 23.8 Å². The maximum absolute atomic E-state index is 13.2. The van der Waals surface area contributed by atoms with Crippen LogP contribution >= 0.6 is 0 Å². The van der Waals surface area contributed by atoms with Gasteiger partial charge in [-0.15, -0.1) is 0 Å². The highest BCUT2D eigenvalue weighted by molar-refractivity contribution is 5.94. The van der Waals surface area contributed by atoms with Crippen molar-refractivity contribution >= 4 is 5.91 Å².